The quantitative estimate of drug-likeness (QED) is 0.781. The first-order valence-corrected chi connectivity index (χ1v) is 8.72. The van der Waals surface area contributed by atoms with Gasteiger partial charge in [0.2, 0.25) is 0 Å². The summed E-state index contributed by atoms with van der Waals surface area (Å²) in [5.74, 6) is 0.812. The van der Waals surface area contributed by atoms with Crippen LogP contribution in [0.1, 0.15) is 37.4 Å². The third-order valence-electron chi connectivity index (χ3n) is 5.04. The van der Waals surface area contributed by atoms with Gasteiger partial charge in [0, 0.05) is 11.8 Å². The molecule has 1 aromatic carbocycles. The normalized spacial score (nSPS) is 20.2. The van der Waals surface area contributed by atoms with Crippen molar-refractivity contribution >= 4 is 11.0 Å². The Balaban J connectivity index is 1.55. The van der Waals surface area contributed by atoms with Gasteiger partial charge in [-0.15, -0.1) is 0 Å². The third kappa shape index (κ3) is 2.80. The van der Waals surface area contributed by atoms with E-state index in [2.05, 4.69) is 15.9 Å². The van der Waals surface area contributed by atoms with Crippen molar-refractivity contribution in [3.05, 3.63) is 42.4 Å². The zero-order valence-electron chi connectivity index (χ0n) is 14.0. The largest absolute Gasteiger partial charge is 0.330 e. The Bertz CT molecular complexity index is 848. The average molecular weight is 321 g/mol. The molecule has 1 fully saturated rings. The van der Waals surface area contributed by atoms with E-state index in [0.717, 1.165) is 46.9 Å². The minimum absolute atomic E-state index is 0.522. The number of aromatic nitrogens is 4. The van der Waals surface area contributed by atoms with Crippen LogP contribution in [0.25, 0.3) is 22.3 Å². The first-order valence-electron chi connectivity index (χ1n) is 8.72. The molecular formula is C19H23N5. The van der Waals surface area contributed by atoms with Crippen LogP contribution in [0.2, 0.25) is 0 Å². The number of rotatable bonds is 5. The fourth-order valence-corrected chi connectivity index (χ4v) is 3.57. The summed E-state index contributed by atoms with van der Waals surface area (Å²) in [6.45, 7) is 2.85. The molecule has 24 heavy (non-hydrogen) atoms. The second kappa shape index (κ2) is 6.32. The number of fused-ring (bicyclic) bond motifs is 1. The monoisotopic (exact) mass is 321 g/mol. The van der Waals surface area contributed by atoms with Crippen molar-refractivity contribution in [2.45, 2.75) is 38.6 Å². The second-order valence-corrected chi connectivity index (χ2v) is 6.77. The van der Waals surface area contributed by atoms with Crippen LogP contribution in [0.5, 0.6) is 0 Å². The van der Waals surface area contributed by atoms with Gasteiger partial charge in [-0.2, -0.15) is 5.10 Å². The fraction of sp³-hybridized carbons (Fsp3) is 0.421. The van der Waals surface area contributed by atoms with E-state index in [4.69, 9.17) is 15.8 Å². The summed E-state index contributed by atoms with van der Waals surface area (Å²) in [7, 11) is 0. The lowest BCUT2D eigenvalue weighted by atomic mass is 9.77. The Labute approximate surface area is 141 Å². The summed E-state index contributed by atoms with van der Waals surface area (Å²) in [5, 5.41) is 4.73. The maximum absolute atomic E-state index is 5.60. The van der Waals surface area contributed by atoms with Gasteiger partial charge in [0.1, 0.15) is 0 Å². The van der Waals surface area contributed by atoms with Gasteiger partial charge in [-0.1, -0.05) is 12.1 Å². The van der Waals surface area contributed by atoms with E-state index >= 15 is 0 Å². The number of benzene rings is 1. The second-order valence-electron chi connectivity index (χ2n) is 6.77. The Morgan fingerprint density at radius 3 is 2.79 bits per heavy atom. The van der Waals surface area contributed by atoms with Gasteiger partial charge < -0.3 is 5.73 Å². The van der Waals surface area contributed by atoms with E-state index in [1.165, 1.54) is 19.3 Å². The number of nitrogens with two attached hydrogens (primary N) is 1. The highest BCUT2D eigenvalue weighted by atomic mass is 15.3. The first-order chi connectivity index (χ1) is 11.7. The minimum Gasteiger partial charge on any atom is -0.330 e. The smallest absolute Gasteiger partial charge is 0.0927 e. The highest BCUT2D eigenvalue weighted by molar-refractivity contribution is 5.77. The zero-order valence-corrected chi connectivity index (χ0v) is 14.0. The molecule has 0 spiro atoms. The molecule has 0 aliphatic heterocycles. The van der Waals surface area contributed by atoms with Gasteiger partial charge in [-0.25, -0.2) is 4.98 Å². The molecule has 5 heteroatoms. The van der Waals surface area contributed by atoms with Crippen LogP contribution < -0.4 is 5.73 Å². The minimum atomic E-state index is 0.522. The molecule has 4 rings (SSSR count). The van der Waals surface area contributed by atoms with Crippen molar-refractivity contribution in [2.24, 2.45) is 11.7 Å². The molecule has 1 saturated carbocycles. The third-order valence-corrected chi connectivity index (χ3v) is 5.04. The van der Waals surface area contributed by atoms with Crippen LogP contribution in [-0.4, -0.2) is 26.3 Å². The van der Waals surface area contributed by atoms with Crippen molar-refractivity contribution < 1.29 is 0 Å². The first kappa shape index (κ1) is 15.3. The molecule has 124 valence electrons. The lowest BCUT2D eigenvalue weighted by molar-refractivity contribution is 0.171. The summed E-state index contributed by atoms with van der Waals surface area (Å²) < 4.78 is 2.13. The van der Waals surface area contributed by atoms with Gasteiger partial charge in [0.25, 0.3) is 0 Å². The van der Waals surface area contributed by atoms with Crippen molar-refractivity contribution in [3.8, 4) is 11.3 Å². The standard InChI is InChI=1S/C19H23N5/c1-13-16(19-11-21-17-6-2-3-7-18(17)22-19)12-24(23-13)15-9-14(10-15)5-4-8-20/h2-3,6-7,11-12,14-15H,4-5,8-10,20H2,1H3. The molecule has 3 aromatic rings. The average Bonchev–Trinajstić information content (AvgIpc) is 2.94. The number of aryl methyl sites for hydroxylation is 1. The highest BCUT2D eigenvalue weighted by Crippen LogP contribution is 2.40. The molecule has 0 amide bonds. The molecule has 2 heterocycles. The molecule has 2 aromatic heterocycles. The van der Waals surface area contributed by atoms with Crippen LogP contribution in [0, 0.1) is 12.8 Å². The van der Waals surface area contributed by atoms with Crippen molar-refractivity contribution in [1.29, 1.82) is 0 Å². The van der Waals surface area contributed by atoms with E-state index in [9.17, 15) is 0 Å². The maximum Gasteiger partial charge on any atom is 0.0927 e. The predicted octanol–water partition coefficient (Wildman–Crippen LogP) is 3.49. The lowest BCUT2D eigenvalue weighted by Crippen LogP contribution is -2.27. The highest BCUT2D eigenvalue weighted by Gasteiger charge is 2.31. The van der Waals surface area contributed by atoms with Gasteiger partial charge >= 0.3 is 0 Å². The molecule has 0 unspecified atom stereocenters. The van der Waals surface area contributed by atoms with E-state index in [-0.39, 0.29) is 0 Å². The van der Waals surface area contributed by atoms with E-state index in [0.29, 0.717) is 6.04 Å². The molecular weight excluding hydrogens is 298 g/mol. The topological polar surface area (TPSA) is 69.6 Å². The van der Waals surface area contributed by atoms with Crippen LogP contribution in [-0.2, 0) is 0 Å². The summed E-state index contributed by atoms with van der Waals surface area (Å²) in [6.07, 6.45) is 8.79. The van der Waals surface area contributed by atoms with Crippen molar-refractivity contribution in [1.82, 2.24) is 19.7 Å². The molecule has 0 saturated heterocycles. The van der Waals surface area contributed by atoms with Crippen molar-refractivity contribution in [2.75, 3.05) is 6.54 Å². The van der Waals surface area contributed by atoms with Crippen LogP contribution in [0.4, 0.5) is 0 Å². The van der Waals surface area contributed by atoms with E-state index in [1.54, 1.807) is 0 Å². The Hall–Kier alpha value is -2.27. The maximum atomic E-state index is 5.60. The molecule has 0 bridgehead atoms. The zero-order chi connectivity index (χ0) is 16.5. The molecule has 0 radical (unpaired) electrons. The molecule has 1 aliphatic carbocycles. The molecule has 5 nitrogen and oxygen atoms in total. The fourth-order valence-electron chi connectivity index (χ4n) is 3.57. The van der Waals surface area contributed by atoms with Crippen LogP contribution >= 0.6 is 0 Å². The number of hydrogen-bond donors (Lipinski definition) is 1. The molecule has 2 N–H and O–H groups in total. The van der Waals surface area contributed by atoms with Crippen molar-refractivity contribution in [3.63, 3.8) is 0 Å². The summed E-state index contributed by atoms with van der Waals surface area (Å²) in [4.78, 5) is 9.27. The van der Waals surface area contributed by atoms with Gasteiger partial charge in [0.15, 0.2) is 0 Å². The predicted molar refractivity (Wildman–Crippen MR) is 95.5 cm³/mol. The Morgan fingerprint density at radius 1 is 1.21 bits per heavy atom. The number of nitrogens with zero attached hydrogens (tertiary/aromatic N) is 4. The van der Waals surface area contributed by atoms with Crippen LogP contribution in [0.3, 0.4) is 0 Å². The van der Waals surface area contributed by atoms with E-state index in [1.807, 2.05) is 37.4 Å². The number of hydrogen-bond acceptors (Lipinski definition) is 4. The SMILES string of the molecule is Cc1nn(C2CC(CCCN)C2)cc1-c1cnc2ccccc2n1. The van der Waals surface area contributed by atoms with Gasteiger partial charge in [-0.05, 0) is 57.2 Å². The number of para-hydroxylation sites is 2. The van der Waals surface area contributed by atoms with Crippen LogP contribution in [0.15, 0.2) is 36.7 Å². The lowest BCUT2D eigenvalue weighted by Gasteiger charge is -2.35. The summed E-state index contributed by atoms with van der Waals surface area (Å²) in [6, 6.07) is 8.48. The Morgan fingerprint density at radius 2 is 2.00 bits per heavy atom. The molecule has 0 atom stereocenters. The summed E-state index contributed by atoms with van der Waals surface area (Å²) >= 11 is 0. The van der Waals surface area contributed by atoms with Gasteiger partial charge in [-0.3, -0.25) is 9.67 Å². The van der Waals surface area contributed by atoms with Gasteiger partial charge in [0.05, 0.1) is 34.7 Å². The Kier molecular flexibility index (Phi) is 4.02. The van der Waals surface area contributed by atoms with E-state index < -0.39 is 0 Å². The molecule has 1 aliphatic rings. The summed E-state index contributed by atoms with van der Waals surface area (Å²) in [5.41, 5.74) is 10.4.